The van der Waals surface area contributed by atoms with E-state index in [2.05, 4.69) is 146 Å². The predicted octanol–water partition coefficient (Wildman–Crippen LogP) is 11.9. The van der Waals surface area contributed by atoms with Gasteiger partial charge in [-0.3, -0.25) is 0 Å². The molecular weight excluding hydrogens is 1040 g/mol. The number of aryl methyl sites for hydroxylation is 2. The molecule has 0 amide bonds. The molecule has 0 aromatic heterocycles. The first-order valence-corrected chi connectivity index (χ1v) is 30.4. The third-order valence-electron chi connectivity index (χ3n) is 17.7. The van der Waals surface area contributed by atoms with Gasteiger partial charge in [0.25, 0.3) is 0 Å². The topological polar surface area (TPSA) is 146 Å². The van der Waals surface area contributed by atoms with Crippen molar-refractivity contribution >= 4 is 0 Å². The van der Waals surface area contributed by atoms with Crippen LogP contribution in [0.1, 0.15) is 142 Å². The molecule has 0 bridgehead atoms. The van der Waals surface area contributed by atoms with Gasteiger partial charge in [-0.25, -0.2) is 0 Å². The van der Waals surface area contributed by atoms with Gasteiger partial charge in [-0.15, -0.1) is 0 Å². The molecule has 0 spiro atoms. The van der Waals surface area contributed by atoms with Gasteiger partial charge in [-0.1, -0.05) is 159 Å². The van der Waals surface area contributed by atoms with E-state index in [-0.39, 0.29) is 30.3 Å². The summed E-state index contributed by atoms with van der Waals surface area (Å²) < 4.78 is 44.8. The Kier molecular flexibility index (Phi) is 18.5. The molecule has 13 rings (SSSR count). The Labute approximate surface area is 489 Å². The van der Waals surface area contributed by atoms with Crippen molar-refractivity contribution < 1.29 is 53.6 Å². The molecule has 10 atom stereocenters. The van der Waals surface area contributed by atoms with E-state index in [0.29, 0.717) is 38.3 Å². The molecule has 83 heavy (non-hydrogen) atoms. The van der Waals surface area contributed by atoms with Crippen LogP contribution in [0.5, 0.6) is 11.5 Å². The van der Waals surface area contributed by atoms with E-state index in [1.807, 2.05) is 24.3 Å². The first kappa shape index (κ1) is 57.2. The Balaban J connectivity index is 0.000000186. The first-order valence-electron chi connectivity index (χ1n) is 30.4. The quantitative estimate of drug-likeness (QED) is 0.0614. The highest BCUT2D eigenvalue weighted by atomic mass is 16.6. The van der Waals surface area contributed by atoms with Crippen LogP contribution in [0.15, 0.2) is 164 Å². The van der Waals surface area contributed by atoms with Gasteiger partial charge in [0.15, 0.2) is 0 Å². The number of aliphatic hydroxyl groups excluding tert-OH is 4. The van der Waals surface area contributed by atoms with Crippen molar-refractivity contribution in [2.24, 2.45) is 5.92 Å². The van der Waals surface area contributed by atoms with Crippen molar-refractivity contribution in [2.45, 2.75) is 158 Å². The number of rotatable bonds is 19. The van der Waals surface area contributed by atoms with Crippen molar-refractivity contribution in [1.29, 1.82) is 0 Å². The molecule has 7 aromatic rings. The summed E-state index contributed by atoms with van der Waals surface area (Å²) in [5, 5.41) is 40.3. The summed E-state index contributed by atoms with van der Waals surface area (Å²) in [6, 6.07) is 57.5. The lowest BCUT2D eigenvalue weighted by Crippen LogP contribution is -2.55. The zero-order chi connectivity index (χ0) is 56.7. The molecule has 2 saturated heterocycles. The van der Waals surface area contributed by atoms with Crippen LogP contribution in [-0.2, 0) is 69.2 Å². The Hall–Kier alpha value is -6.22. The van der Waals surface area contributed by atoms with E-state index >= 15 is 0 Å². The minimum atomic E-state index is -1.37. The number of hydrogen-bond donors (Lipinski definition) is 4. The Morgan fingerprint density at radius 3 is 1.46 bits per heavy atom. The van der Waals surface area contributed by atoms with Gasteiger partial charge < -0.3 is 53.6 Å². The number of hydrogen-bond acceptors (Lipinski definition) is 11. The summed E-state index contributed by atoms with van der Waals surface area (Å²) in [6.07, 6.45) is 3.97. The Bertz CT molecular complexity index is 3220. The fourth-order valence-corrected chi connectivity index (χ4v) is 12.7. The second-order valence-corrected chi connectivity index (χ2v) is 23.8. The molecule has 6 aliphatic rings. The molecule has 11 heteroatoms. The number of aliphatic hydroxyl groups is 4. The smallest absolute Gasteiger partial charge is 0.122 e. The first-order chi connectivity index (χ1) is 40.7. The van der Waals surface area contributed by atoms with Crippen LogP contribution >= 0.6 is 0 Å². The average molecular weight is 1120 g/mol. The summed E-state index contributed by atoms with van der Waals surface area (Å²) in [4.78, 5) is 0. The highest BCUT2D eigenvalue weighted by molar-refractivity contribution is 5.46. The minimum absolute atomic E-state index is 0.0273. The average Bonchev–Trinajstić information content (AvgIpc) is 4.44. The maximum atomic E-state index is 10.5. The standard InChI is InChI=1S/C47H50O5.C25H30O6/c1-33-44(32-48-29-34-12-5-2-6-13-34)52-46(47(51-31-36-16-9-4-10-17-36)45(33)50-30-35-14-7-3-8-15-35)40-22-23-42(38-20-21-38)41(28-40)27-37-19-24-43-39(26-37)18-11-25-49-43;26-13-21-22(27)23(28)24(29)25(31-21)17-6-7-19(15-4-5-15)18(12-17)11-14-3-8-20-16(10-14)2-1-9-30-20/h2-10,12-17,19,22-24,26,28,33,38,44-47H,11,18,20-21,25,27,29-32H2,1H3;3,6-8,10,12,15,21-29H,1-2,4-5,9,11,13H2/t33-,44-,45+,46?,47-;21-,22-,23+,24-,25+/m11/s1. The second-order valence-electron chi connectivity index (χ2n) is 23.8. The molecule has 2 saturated carbocycles. The van der Waals surface area contributed by atoms with Gasteiger partial charge in [0, 0.05) is 5.92 Å². The van der Waals surface area contributed by atoms with Crippen molar-refractivity contribution in [3.05, 3.63) is 236 Å². The van der Waals surface area contributed by atoms with Crippen molar-refractivity contribution in [2.75, 3.05) is 26.4 Å². The van der Waals surface area contributed by atoms with Gasteiger partial charge >= 0.3 is 0 Å². The second kappa shape index (κ2) is 26.8. The Morgan fingerprint density at radius 1 is 0.470 bits per heavy atom. The lowest BCUT2D eigenvalue weighted by atomic mass is 9.84. The third-order valence-corrected chi connectivity index (χ3v) is 17.7. The summed E-state index contributed by atoms with van der Waals surface area (Å²) in [5.41, 5.74) is 15.8. The molecule has 434 valence electrons. The van der Waals surface area contributed by atoms with E-state index in [1.54, 1.807) is 0 Å². The van der Waals surface area contributed by atoms with E-state index < -0.39 is 37.1 Å². The number of ether oxygens (including phenoxy) is 7. The summed E-state index contributed by atoms with van der Waals surface area (Å²) in [7, 11) is 0. The van der Waals surface area contributed by atoms with Crippen LogP contribution in [0, 0.1) is 5.92 Å². The maximum absolute atomic E-state index is 10.5. The van der Waals surface area contributed by atoms with E-state index in [1.165, 1.54) is 70.2 Å². The largest absolute Gasteiger partial charge is 0.493 e. The molecule has 4 heterocycles. The van der Waals surface area contributed by atoms with Crippen molar-refractivity contribution in [3.63, 3.8) is 0 Å². The minimum Gasteiger partial charge on any atom is -0.493 e. The summed E-state index contributed by atoms with van der Waals surface area (Å²) >= 11 is 0. The van der Waals surface area contributed by atoms with Crippen molar-refractivity contribution in [1.82, 2.24) is 0 Å². The molecule has 0 radical (unpaired) electrons. The van der Waals surface area contributed by atoms with Gasteiger partial charge in [0.1, 0.15) is 54.2 Å². The van der Waals surface area contributed by atoms with E-state index in [4.69, 9.17) is 33.2 Å². The van der Waals surface area contributed by atoms with Crippen LogP contribution in [0.3, 0.4) is 0 Å². The fourth-order valence-electron chi connectivity index (χ4n) is 12.7. The van der Waals surface area contributed by atoms with Crippen LogP contribution in [0.4, 0.5) is 0 Å². The van der Waals surface area contributed by atoms with Crippen molar-refractivity contribution in [3.8, 4) is 11.5 Å². The van der Waals surface area contributed by atoms with E-state index in [0.717, 1.165) is 91.1 Å². The summed E-state index contributed by atoms with van der Waals surface area (Å²) in [5.74, 6) is 3.24. The van der Waals surface area contributed by atoms with Gasteiger partial charge in [-0.05, 0) is 161 Å². The molecule has 4 N–H and O–H groups in total. The maximum Gasteiger partial charge on any atom is 0.122 e. The number of benzene rings is 7. The molecule has 4 aliphatic heterocycles. The monoisotopic (exact) mass is 1120 g/mol. The Morgan fingerprint density at radius 2 is 0.952 bits per heavy atom. The van der Waals surface area contributed by atoms with E-state index in [9.17, 15) is 20.4 Å². The van der Waals surface area contributed by atoms with Gasteiger partial charge in [0.05, 0.1) is 58.5 Å². The van der Waals surface area contributed by atoms with Gasteiger partial charge in [0.2, 0.25) is 0 Å². The zero-order valence-corrected chi connectivity index (χ0v) is 47.7. The highest BCUT2D eigenvalue weighted by Crippen LogP contribution is 2.47. The third kappa shape index (κ3) is 14.0. The summed E-state index contributed by atoms with van der Waals surface area (Å²) in [6.45, 7) is 5.36. The van der Waals surface area contributed by atoms with Crippen LogP contribution in [0.25, 0.3) is 0 Å². The fraction of sp³-hybridized carbons (Fsp3) is 0.417. The lowest BCUT2D eigenvalue weighted by Gasteiger charge is -2.46. The van der Waals surface area contributed by atoms with Crippen LogP contribution in [-0.4, -0.2) is 89.6 Å². The zero-order valence-electron chi connectivity index (χ0n) is 47.7. The molecule has 2 aliphatic carbocycles. The number of fused-ring (bicyclic) bond motifs is 2. The highest BCUT2D eigenvalue weighted by Gasteiger charge is 2.47. The van der Waals surface area contributed by atoms with Crippen LogP contribution in [0.2, 0.25) is 0 Å². The molecular formula is C72H80O11. The molecule has 7 aromatic carbocycles. The molecule has 4 fully saturated rings. The lowest BCUT2D eigenvalue weighted by molar-refractivity contribution is -0.243. The molecule has 11 nitrogen and oxygen atoms in total. The molecule has 1 unspecified atom stereocenters. The van der Waals surface area contributed by atoms with Gasteiger partial charge in [-0.2, -0.15) is 0 Å². The predicted molar refractivity (Wildman–Crippen MR) is 319 cm³/mol. The normalized spacial score (nSPS) is 25.7. The SMILES string of the molecule is C[C@H]1[C@H](OCc2ccccc2)[C@@H](OCc2ccccc2)C(c2ccc(C3CC3)c(Cc3ccc4c(c3)CCCO4)c2)O[C@@H]1COCc1ccccc1.OC[C@H]1O[C@@H](c2ccc(C3CC3)c(Cc3ccc4c(c3)CCCO4)c2)[C@H](O)[C@@H](O)[C@@H]1O. The van der Waals surface area contributed by atoms with Crippen LogP contribution < -0.4 is 9.47 Å².